The summed E-state index contributed by atoms with van der Waals surface area (Å²) in [6.07, 6.45) is 0. The van der Waals surface area contributed by atoms with Crippen LogP contribution in [0.1, 0.15) is 16.1 Å². The number of aromatic amines is 1. The molecule has 4 rings (SSSR count). The van der Waals surface area contributed by atoms with Crippen LogP contribution >= 0.6 is 11.6 Å². The summed E-state index contributed by atoms with van der Waals surface area (Å²) in [6, 6.07) is 13.0. The van der Waals surface area contributed by atoms with Crippen LogP contribution in [0.4, 0.5) is 0 Å². The largest absolute Gasteiger partial charge is 0.454 e. The van der Waals surface area contributed by atoms with E-state index in [9.17, 15) is 4.79 Å². The summed E-state index contributed by atoms with van der Waals surface area (Å²) in [4.78, 5) is 17.4. The number of H-pyrrole nitrogens is 1. The molecule has 1 aliphatic rings. The fourth-order valence-electron chi connectivity index (χ4n) is 2.81. The van der Waals surface area contributed by atoms with Gasteiger partial charge in [-0.2, -0.15) is 0 Å². The van der Waals surface area contributed by atoms with E-state index in [1.807, 2.05) is 36.4 Å². The molecule has 0 saturated carbocycles. The van der Waals surface area contributed by atoms with Crippen LogP contribution in [0.5, 0.6) is 11.5 Å². The second-order valence-corrected chi connectivity index (χ2v) is 6.20. The summed E-state index contributed by atoms with van der Waals surface area (Å²) >= 11 is 5.99. The van der Waals surface area contributed by atoms with E-state index in [-0.39, 0.29) is 12.7 Å². The third kappa shape index (κ3) is 2.67. The molecule has 0 bridgehead atoms. The first-order valence-electron chi connectivity index (χ1n) is 7.52. The number of hydrogen-bond donors (Lipinski definition) is 1. The molecule has 5 nitrogen and oxygen atoms in total. The lowest BCUT2D eigenvalue weighted by Gasteiger charge is -2.16. The molecule has 1 N–H and O–H groups in total. The molecule has 0 saturated heterocycles. The molecule has 0 radical (unpaired) electrons. The molecule has 1 amide bonds. The Labute approximate surface area is 143 Å². The van der Waals surface area contributed by atoms with Gasteiger partial charge in [-0.15, -0.1) is 0 Å². The predicted molar refractivity (Wildman–Crippen MR) is 91.7 cm³/mol. The van der Waals surface area contributed by atoms with Crippen molar-refractivity contribution >= 4 is 28.4 Å². The van der Waals surface area contributed by atoms with E-state index < -0.39 is 0 Å². The van der Waals surface area contributed by atoms with Gasteiger partial charge in [-0.1, -0.05) is 17.7 Å². The van der Waals surface area contributed by atoms with E-state index in [2.05, 4.69) is 4.98 Å². The highest BCUT2D eigenvalue weighted by Crippen LogP contribution is 2.32. The lowest BCUT2D eigenvalue weighted by molar-refractivity contribution is 0.0780. The van der Waals surface area contributed by atoms with Crippen LogP contribution in [0.25, 0.3) is 10.9 Å². The van der Waals surface area contributed by atoms with Crippen LogP contribution in [0, 0.1) is 0 Å². The van der Waals surface area contributed by atoms with Crippen LogP contribution in [-0.4, -0.2) is 29.6 Å². The minimum absolute atomic E-state index is 0.0833. The molecule has 0 fully saturated rings. The molecular formula is C18H15ClN2O3. The van der Waals surface area contributed by atoms with Gasteiger partial charge in [0.2, 0.25) is 6.79 Å². The van der Waals surface area contributed by atoms with Gasteiger partial charge >= 0.3 is 0 Å². The average molecular weight is 343 g/mol. The lowest BCUT2D eigenvalue weighted by Crippen LogP contribution is -2.26. The Balaban J connectivity index is 1.54. The number of benzene rings is 2. The van der Waals surface area contributed by atoms with Gasteiger partial charge in [0, 0.05) is 29.5 Å². The minimum atomic E-state index is -0.0833. The highest BCUT2D eigenvalue weighted by atomic mass is 35.5. The third-order valence-electron chi connectivity index (χ3n) is 4.02. The van der Waals surface area contributed by atoms with Crippen molar-refractivity contribution in [1.29, 1.82) is 0 Å². The van der Waals surface area contributed by atoms with E-state index in [1.165, 1.54) is 0 Å². The number of carbonyl (C=O) groups is 1. The number of aromatic nitrogens is 1. The van der Waals surface area contributed by atoms with E-state index in [4.69, 9.17) is 21.1 Å². The topological polar surface area (TPSA) is 54.6 Å². The number of fused-ring (bicyclic) bond motifs is 2. The van der Waals surface area contributed by atoms with Crippen LogP contribution in [0.2, 0.25) is 5.02 Å². The Kier molecular flexibility index (Phi) is 3.58. The second-order valence-electron chi connectivity index (χ2n) is 5.76. The maximum Gasteiger partial charge on any atom is 0.270 e. The number of amides is 1. The molecule has 0 aliphatic carbocycles. The molecule has 1 aliphatic heterocycles. The summed E-state index contributed by atoms with van der Waals surface area (Å²) in [5.74, 6) is 1.37. The fraction of sp³-hybridized carbons (Fsp3) is 0.167. The summed E-state index contributed by atoms with van der Waals surface area (Å²) in [7, 11) is 1.77. The van der Waals surface area contributed by atoms with E-state index in [0.29, 0.717) is 23.0 Å². The van der Waals surface area contributed by atoms with E-state index in [0.717, 1.165) is 22.2 Å². The van der Waals surface area contributed by atoms with Gasteiger partial charge in [0.1, 0.15) is 5.69 Å². The smallest absolute Gasteiger partial charge is 0.270 e. The first-order chi connectivity index (χ1) is 11.6. The molecule has 2 heterocycles. The summed E-state index contributed by atoms with van der Waals surface area (Å²) < 4.78 is 10.7. The van der Waals surface area contributed by atoms with Gasteiger partial charge in [-0.3, -0.25) is 4.79 Å². The Bertz CT molecular complexity index is 935. The average Bonchev–Trinajstić information content (AvgIpc) is 3.19. The Morgan fingerprint density at radius 3 is 2.88 bits per heavy atom. The van der Waals surface area contributed by atoms with Crippen molar-refractivity contribution in [3.8, 4) is 11.5 Å². The molecule has 6 heteroatoms. The van der Waals surface area contributed by atoms with E-state index >= 15 is 0 Å². The zero-order valence-electron chi connectivity index (χ0n) is 13.0. The van der Waals surface area contributed by atoms with Gasteiger partial charge in [0.25, 0.3) is 5.91 Å². The van der Waals surface area contributed by atoms with Gasteiger partial charge < -0.3 is 19.4 Å². The van der Waals surface area contributed by atoms with Crippen LogP contribution in [0.15, 0.2) is 42.5 Å². The molecule has 0 spiro atoms. The predicted octanol–water partition coefficient (Wildman–Crippen LogP) is 3.82. The van der Waals surface area contributed by atoms with Gasteiger partial charge in [-0.25, -0.2) is 0 Å². The summed E-state index contributed by atoms with van der Waals surface area (Å²) in [5.41, 5.74) is 2.41. The standard InChI is InChI=1S/C18H15ClN2O3/c1-21(9-11-2-5-16-17(6-11)24-10-23-16)18(22)15-8-12-7-13(19)3-4-14(12)20-15/h2-8,20H,9-10H2,1H3. The van der Waals surface area contributed by atoms with Crippen molar-refractivity contribution in [2.24, 2.45) is 0 Å². The fourth-order valence-corrected chi connectivity index (χ4v) is 2.99. The number of halogens is 1. The van der Waals surface area contributed by atoms with Crippen molar-refractivity contribution in [2.75, 3.05) is 13.8 Å². The number of nitrogens with one attached hydrogen (secondary N) is 1. The molecular weight excluding hydrogens is 328 g/mol. The van der Waals surface area contributed by atoms with Crippen LogP contribution in [-0.2, 0) is 6.54 Å². The summed E-state index contributed by atoms with van der Waals surface area (Å²) in [6.45, 7) is 0.719. The zero-order chi connectivity index (χ0) is 16.7. The molecule has 2 aromatic carbocycles. The zero-order valence-corrected chi connectivity index (χ0v) is 13.8. The number of nitrogens with zero attached hydrogens (tertiary/aromatic N) is 1. The number of hydrogen-bond acceptors (Lipinski definition) is 3. The van der Waals surface area contributed by atoms with Crippen LogP contribution in [0.3, 0.4) is 0 Å². The molecule has 122 valence electrons. The monoisotopic (exact) mass is 342 g/mol. The normalized spacial score (nSPS) is 12.6. The number of carbonyl (C=O) groups excluding carboxylic acids is 1. The molecule has 1 aromatic heterocycles. The summed E-state index contributed by atoms with van der Waals surface area (Å²) in [5, 5.41) is 1.57. The van der Waals surface area contributed by atoms with Crippen molar-refractivity contribution in [2.45, 2.75) is 6.54 Å². The second kappa shape index (κ2) is 5.76. The van der Waals surface area contributed by atoms with Crippen molar-refractivity contribution in [3.05, 3.63) is 58.7 Å². The first kappa shape index (κ1) is 14.9. The Morgan fingerprint density at radius 1 is 1.17 bits per heavy atom. The Hall–Kier alpha value is -2.66. The van der Waals surface area contributed by atoms with Crippen molar-refractivity contribution in [1.82, 2.24) is 9.88 Å². The maximum absolute atomic E-state index is 12.6. The minimum Gasteiger partial charge on any atom is -0.454 e. The van der Waals surface area contributed by atoms with Crippen LogP contribution < -0.4 is 9.47 Å². The molecule has 0 unspecified atom stereocenters. The number of ether oxygens (including phenoxy) is 2. The molecule has 24 heavy (non-hydrogen) atoms. The van der Waals surface area contributed by atoms with E-state index in [1.54, 1.807) is 18.0 Å². The highest BCUT2D eigenvalue weighted by molar-refractivity contribution is 6.31. The highest BCUT2D eigenvalue weighted by Gasteiger charge is 2.17. The van der Waals surface area contributed by atoms with Crippen molar-refractivity contribution < 1.29 is 14.3 Å². The third-order valence-corrected chi connectivity index (χ3v) is 4.25. The Morgan fingerprint density at radius 2 is 2.00 bits per heavy atom. The first-order valence-corrected chi connectivity index (χ1v) is 7.90. The van der Waals surface area contributed by atoms with Gasteiger partial charge in [0.05, 0.1) is 0 Å². The maximum atomic E-state index is 12.6. The number of rotatable bonds is 3. The quantitative estimate of drug-likeness (QED) is 0.787. The molecule has 0 atom stereocenters. The SMILES string of the molecule is CN(Cc1ccc2c(c1)OCO2)C(=O)c1cc2cc(Cl)ccc2[nH]1. The van der Waals surface area contributed by atoms with Crippen molar-refractivity contribution in [3.63, 3.8) is 0 Å². The lowest BCUT2D eigenvalue weighted by atomic mass is 10.2. The molecule has 3 aromatic rings. The van der Waals surface area contributed by atoms with Gasteiger partial charge in [-0.05, 0) is 42.0 Å². The van der Waals surface area contributed by atoms with Gasteiger partial charge in [0.15, 0.2) is 11.5 Å².